The molecule has 126 valence electrons. The number of nitrogens with zero attached hydrogens (tertiary/aromatic N) is 4. The lowest BCUT2D eigenvalue weighted by Gasteiger charge is -2.32. The SMILES string of the molecule is CC(C)n1c(CN2CCC[C@H](c3ccn[nH]3)C2)nc2ccccc21. The lowest BCUT2D eigenvalue weighted by molar-refractivity contribution is 0.191. The van der Waals surface area contributed by atoms with Crippen LogP contribution in [0.15, 0.2) is 36.5 Å². The van der Waals surface area contributed by atoms with Crippen LogP contribution in [-0.2, 0) is 6.54 Å². The number of likely N-dealkylation sites (tertiary alicyclic amines) is 1. The quantitative estimate of drug-likeness (QED) is 0.796. The molecule has 0 unspecified atom stereocenters. The van der Waals surface area contributed by atoms with Crippen molar-refractivity contribution in [2.45, 2.75) is 45.2 Å². The molecular formula is C19H25N5. The molecule has 5 heteroatoms. The molecule has 1 aliphatic heterocycles. The van der Waals surface area contributed by atoms with Crippen LogP contribution < -0.4 is 0 Å². The number of rotatable bonds is 4. The van der Waals surface area contributed by atoms with E-state index in [4.69, 9.17) is 4.98 Å². The second-order valence-electron chi connectivity index (χ2n) is 7.07. The number of para-hydroxylation sites is 2. The van der Waals surface area contributed by atoms with Gasteiger partial charge in [-0.3, -0.25) is 10.00 Å². The summed E-state index contributed by atoms with van der Waals surface area (Å²) in [5.41, 5.74) is 3.60. The zero-order chi connectivity index (χ0) is 16.5. The first-order valence-corrected chi connectivity index (χ1v) is 8.90. The molecular weight excluding hydrogens is 298 g/mol. The second-order valence-corrected chi connectivity index (χ2v) is 7.07. The minimum Gasteiger partial charge on any atom is -0.324 e. The number of aromatic amines is 1. The molecule has 1 aromatic carbocycles. The first kappa shape index (κ1) is 15.4. The lowest BCUT2D eigenvalue weighted by Crippen LogP contribution is -2.35. The zero-order valence-electron chi connectivity index (χ0n) is 14.4. The van der Waals surface area contributed by atoms with Crippen LogP contribution in [0.2, 0.25) is 0 Å². The Balaban J connectivity index is 1.58. The van der Waals surface area contributed by atoms with Gasteiger partial charge in [-0.15, -0.1) is 0 Å². The van der Waals surface area contributed by atoms with Gasteiger partial charge in [-0.2, -0.15) is 5.10 Å². The molecule has 1 fully saturated rings. The molecule has 5 nitrogen and oxygen atoms in total. The second kappa shape index (κ2) is 6.40. The van der Waals surface area contributed by atoms with E-state index in [2.05, 4.69) is 63.8 Å². The van der Waals surface area contributed by atoms with Gasteiger partial charge in [0.2, 0.25) is 0 Å². The molecule has 0 bridgehead atoms. The highest BCUT2D eigenvalue weighted by Gasteiger charge is 2.24. The maximum absolute atomic E-state index is 4.92. The third-order valence-corrected chi connectivity index (χ3v) is 5.02. The van der Waals surface area contributed by atoms with Crippen molar-refractivity contribution < 1.29 is 0 Å². The first-order chi connectivity index (χ1) is 11.7. The maximum Gasteiger partial charge on any atom is 0.124 e. The highest BCUT2D eigenvalue weighted by molar-refractivity contribution is 5.76. The monoisotopic (exact) mass is 323 g/mol. The number of nitrogens with one attached hydrogen (secondary N) is 1. The number of H-pyrrole nitrogens is 1. The number of hydrogen-bond acceptors (Lipinski definition) is 3. The summed E-state index contributed by atoms with van der Waals surface area (Å²) in [5.74, 6) is 1.73. The average Bonchev–Trinajstić information content (AvgIpc) is 3.22. The predicted octanol–water partition coefficient (Wildman–Crippen LogP) is 3.72. The van der Waals surface area contributed by atoms with Gasteiger partial charge in [-0.05, 0) is 51.4 Å². The van der Waals surface area contributed by atoms with Crippen molar-refractivity contribution in [2.75, 3.05) is 13.1 Å². The molecule has 3 aromatic rings. The Hall–Kier alpha value is -2.14. The molecule has 0 spiro atoms. The van der Waals surface area contributed by atoms with E-state index in [1.807, 2.05) is 6.20 Å². The van der Waals surface area contributed by atoms with E-state index in [0.717, 1.165) is 25.2 Å². The van der Waals surface area contributed by atoms with Gasteiger partial charge in [0.1, 0.15) is 5.82 Å². The van der Waals surface area contributed by atoms with Crippen molar-refractivity contribution in [3.63, 3.8) is 0 Å². The fraction of sp³-hybridized carbons (Fsp3) is 0.474. The van der Waals surface area contributed by atoms with E-state index >= 15 is 0 Å². The summed E-state index contributed by atoms with van der Waals surface area (Å²) in [5, 5.41) is 7.26. The molecule has 0 aliphatic carbocycles. The number of benzene rings is 1. The number of aromatic nitrogens is 4. The summed E-state index contributed by atoms with van der Waals surface area (Å²) in [6.45, 7) is 7.61. The van der Waals surface area contributed by atoms with Crippen LogP contribution in [-0.4, -0.2) is 37.7 Å². The molecule has 4 rings (SSSR count). The molecule has 3 heterocycles. The van der Waals surface area contributed by atoms with E-state index in [0.29, 0.717) is 12.0 Å². The van der Waals surface area contributed by atoms with Gasteiger partial charge in [0.05, 0.1) is 17.6 Å². The molecule has 0 amide bonds. The van der Waals surface area contributed by atoms with Gasteiger partial charge in [0, 0.05) is 30.4 Å². The van der Waals surface area contributed by atoms with E-state index in [1.165, 1.54) is 29.9 Å². The summed E-state index contributed by atoms with van der Waals surface area (Å²) >= 11 is 0. The lowest BCUT2D eigenvalue weighted by atomic mass is 9.95. The smallest absolute Gasteiger partial charge is 0.124 e. The van der Waals surface area contributed by atoms with Crippen molar-refractivity contribution in [3.05, 3.63) is 48.0 Å². The van der Waals surface area contributed by atoms with Crippen LogP contribution in [0.25, 0.3) is 11.0 Å². The van der Waals surface area contributed by atoms with Gasteiger partial charge in [0.15, 0.2) is 0 Å². The highest BCUT2D eigenvalue weighted by Crippen LogP contribution is 2.27. The summed E-state index contributed by atoms with van der Waals surface area (Å²) < 4.78 is 2.38. The molecule has 1 N–H and O–H groups in total. The number of hydrogen-bond donors (Lipinski definition) is 1. The molecule has 2 aromatic heterocycles. The van der Waals surface area contributed by atoms with Crippen LogP contribution in [0.1, 0.15) is 50.2 Å². The van der Waals surface area contributed by atoms with Gasteiger partial charge in [-0.25, -0.2) is 4.98 Å². The van der Waals surface area contributed by atoms with Crippen LogP contribution in [0.4, 0.5) is 0 Å². The van der Waals surface area contributed by atoms with Gasteiger partial charge in [0.25, 0.3) is 0 Å². The third kappa shape index (κ3) is 2.84. The Morgan fingerprint density at radius 3 is 2.92 bits per heavy atom. The van der Waals surface area contributed by atoms with E-state index < -0.39 is 0 Å². The Morgan fingerprint density at radius 2 is 2.12 bits per heavy atom. The molecule has 0 radical (unpaired) electrons. The summed E-state index contributed by atoms with van der Waals surface area (Å²) in [4.78, 5) is 7.45. The summed E-state index contributed by atoms with van der Waals surface area (Å²) in [6, 6.07) is 11.0. The molecule has 1 aliphatic rings. The minimum atomic E-state index is 0.417. The average molecular weight is 323 g/mol. The molecule has 24 heavy (non-hydrogen) atoms. The normalized spacial score (nSPS) is 19.4. The fourth-order valence-electron chi connectivity index (χ4n) is 3.93. The highest BCUT2D eigenvalue weighted by atomic mass is 15.2. The Kier molecular flexibility index (Phi) is 4.10. The largest absolute Gasteiger partial charge is 0.324 e. The predicted molar refractivity (Wildman–Crippen MR) is 96.0 cm³/mol. The minimum absolute atomic E-state index is 0.417. The third-order valence-electron chi connectivity index (χ3n) is 5.02. The Morgan fingerprint density at radius 1 is 1.25 bits per heavy atom. The standard InChI is InChI=1S/C19H25N5/c1-14(2)24-18-8-4-3-7-17(18)21-19(24)13-23-11-5-6-15(12-23)16-9-10-20-22-16/h3-4,7-10,14-15H,5-6,11-13H2,1-2H3,(H,20,22)/t15-/m0/s1. The van der Waals surface area contributed by atoms with Crippen LogP contribution in [0.3, 0.4) is 0 Å². The zero-order valence-corrected chi connectivity index (χ0v) is 14.4. The molecule has 0 saturated carbocycles. The number of fused-ring (bicyclic) bond motifs is 1. The summed E-state index contributed by atoms with van der Waals surface area (Å²) in [7, 11) is 0. The van der Waals surface area contributed by atoms with Crippen molar-refractivity contribution >= 4 is 11.0 Å². The van der Waals surface area contributed by atoms with Crippen LogP contribution in [0.5, 0.6) is 0 Å². The maximum atomic E-state index is 4.92. The Labute approximate surface area is 142 Å². The van der Waals surface area contributed by atoms with Crippen molar-refractivity contribution in [1.29, 1.82) is 0 Å². The first-order valence-electron chi connectivity index (χ1n) is 8.90. The van der Waals surface area contributed by atoms with Crippen molar-refractivity contribution in [1.82, 2.24) is 24.6 Å². The van der Waals surface area contributed by atoms with Crippen molar-refractivity contribution in [3.8, 4) is 0 Å². The van der Waals surface area contributed by atoms with E-state index in [-0.39, 0.29) is 0 Å². The summed E-state index contributed by atoms with van der Waals surface area (Å²) in [6.07, 6.45) is 4.32. The molecule has 1 saturated heterocycles. The fourth-order valence-corrected chi connectivity index (χ4v) is 3.93. The van der Waals surface area contributed by atoms with Gasteiger partial charge >= 0.3 is 0 Å². The van der Waals surface area contributed by atoms with E-state index in [9.17, 15) is 0 Å². The number of imidazole rings is 1. The van der Waals surface area contributed by atoms with Gasteiger partial charge in [-0.1, -0.05) is 12.1 Å². The topological polar surface area (TPSA) is 49.7 Å². The van der Waals surface area contributed by atoms with Crippen molar-refractivity contribution in [2.24, 2.45) is 0 Å². The Bertz CT molecular complexity index is 802. The number of piperidine rings is 1. The van der Waals surface area contributed by atoms with Gasteiger partial charge < -0.3 is 4.57 Å². The van der Waals surface area contributed by atoms with Crippen LogP contribution in [0, 0.1) is 0 Å². The van der Waals surface area contributed by atoms with Crippen LogP contribution >= 0.6 is 0 Å². The van der Waals surface area contributed by atoms with E-state index in [1.54, 1.807) is 0 Å². The molecule has 1 atom stereocenters.